The average molecular weight is 335 g/mol. The van der Waals surface area contributed by atoms with Crippen LogP contribution in [0.2, 0.25) is 0 Å². The van der Waals surface area contributed by atoms with Gasteiger partial charge in [0.1, 0.15) is 0 Å². The molecule has 0 N–H and O–H groups in total. The molecule has 1 unspecified atom stereocenters. The molecule has 0 aliphatic heterocycles. The first-order chi connectivity index (χ1) is 10.2. The molecule has 0 amide bonds. The second kappa shape index (κ2) is 4.85. The Bertz CT molecular complexity index is 874. The topological polar surface area (TPSA) is 0 Å². The Morgan fingerprint density at radius 1 is 0.857 bits per heavy atom. The number of hydrogen-bond acceptors (Lipinski definition) is 0. The van der Waals surface area contributed by atoms with Gasteiger partial charge >= 0.3 is 0 Å². The minimum Gasteiger partial charge on any atom is -0.0691 e. The van der Waals surface area contributed by atoms with Crippen molar-refractivity contribution < 1.29 is 0 Å². The van der Waals surface area contributed by atoms with E-state index in [1.54, 1.807) is 0 Å². The SMILES string of the molecule is CC1=CC(c2ccc3ccccc3c2)c2cc(Br)ccc21. The van der Waals surface area contributed by atoms with Crippen LogP contribution in [0.4, 0.5) is 0 Å². The zero-order valence-electron chi connectivity index (χ0n) is 11.8. The minimum absolute atomic E-state index is 0.363. The summed E-state index contributed by atoms with van der Waals surface area (Å²) in [7, 11) is 0. The van der Waals surface area contributed by atoms with Crippen LogP contribution >= 0.6 is 15.9 Å². The Labute approximate surface area is 133 Å². The molecule has 1 aliphatic carbocycles. The second-order valence-electron chi connectivity index (χ2n) is 5.67. The van der Waals surface area contributed by atoms with Gasteiger partial charge in [-0.25, -0.2) is 0 Å². The van der Waals surface area contributed by atoms with E-state index in [0.29, 0.717) is 5.92 Å². The highest BCUT2D eigenvalue weighted by Gasteiger charge is 2.22. The molecule has 0 spiro atoms. The first kappa shape index (κ1) is 12.8. The van der Waals surface area contributed by atoms with Crippen LogP contribution in [0.5, 0.6) is 0 Å². The fourth-order valence-corrected chi connectivity index (χ4v) is 3.64. The van der Waals surface area contributed by atoms with Crippen molar-refractivity contribution in [1.82, 2.24) is 0 Å². The van der Waals surface area contributed by atoms with Crippen molar-refractivity contribution in [3.8, 4) is 0 Å². The van der Waals surface area contributed by atoms with Crippen LogP contribution in [0.15, 0.2) is 71.2 Å². The summed E-state index contributed by atoms with van der Waals surface area (Å²) in [6.45, 7) is 2.20. The average Bonchev–Trinajstić information content (AvgIpc) is 2.83. The van der Waals surface area contributed by atoms with E-state index in [0.717, 1.165) is 4.47 Å². The molecule has 0 aromatic heterocycles. The Hall–Kier alpha value is -1.86. The Morgan fingerprint density at radius 3 is 2.52 bits per heavy atom. The fourth-order valence-electron chi connectivity index (χ4n) is 3.26. The van der Waals surface area contributed by atoms with Crippen LogP contribution in [0, 0.1) is 0 Å². The molecule has 102 valence electrons. The summed E-state index contributed by atoms with van der Waals surface area (Å²) >= 11 is 3.60. The summed E-state index contributed by atoms with van der Waals surface area (Å²) in [5.41, 5.74) is 5.51. The van der Waals surface area contributed by atoms with Crippen LogP contribution in [-0.2, 0) is 0 Å². The van der Waals surface area contributed by atoms with Crippen molar-refractivity contribution in [3.05, 3.63) is 87.9 Å². The smallest absolute Gasteiger partial charge is 0.0281 e. The Balaban J connectivity index is 1.88. The Kier molecular flexibility index (Phi) is 2.97. The summed E-state index contributed by atoms with van der Waals surface area (Å²) in [5, 5.41) is 2.61. The lowest BCUT2D eigenvalue weighted by Gasteiger charge is -2.13. The molecule has 0 bridgehead atoms. The maximum Gasteiger partial charge on any atom is 0.0281 e. The highest BCUT2D eigenvalue weighted by Crippen LogP contribution is 2.41. The molecule has 1 aliphatic rings. The quantitative estimate of drug-likeness (QED) is 0.500. The number of hydrogen-bond donors (Lipinski definition) is 0. The van der Waals surface area contributed by atoms with Gasteiger partial charge in [-0.3, -0.25) is 0 Å². The molecule has 0 radical (unpaired) electrons. The molecule has 0 nitrogen and oxygen atoms in total. The summed E-state index contributed by atoms with van der Waals surface area (Å²) in [6.07, 6.45) is 2.38. The zero-order chi connectivity index (χ0) is 14.4. The third-order valence-corrected chi connectivity index (χ3v) is 4.82. The molecule has 1 heteroatoms. The van der Waals surface area contributed by atoms with Gasteiger partial charge in [0, 0.05) is 10.4 Å². The van der Waals surface area contributed by atoms with Gasteiger partial charge in [0.15, 0.2) is 0 Å². The molecular weight excluding hydrogens is 320 g/mol. The standard InChI is InChI=1S/C20H15Br/c1-13-10-19(20-12-17(21)8-9-18(13)20)16-7-6-14-4-2-3-5-15(14)11-16/h2-12,19H,1H3. The van der Waals surface area contributed by atoms with Gasteiger partial charge in [0.2, 0.25) is 0 Å². The monoisotopic (exact) mass is 334 g/mol. The summed E-state index contributed by atoms with van der Waals surface area (Å²) in [4.78, 5) is 0. The van der Waals surface area contributed by atoms with E-state index in [1.165, 1.54) is 33.0 Å². The molecule has 3 aromatic carbocycles. The molecule has 1 atom stereocenters. The third-order valence-electron chi connectivity index (χ3n) is 4.32. The molecule has 3 aromatic rings. The van der Waals surface area contributed by atoms with Crippen molar-refractivity contribution >= 4 is 32.3 Å². The first-order valence-corrected chi connectivity index (χ1v) is 7.98. The van der Waals surface area contributed by atoms with Gasteiger partial charge < -0.3 is 0 Å². The minimum atomic E-state index is 0.363. The van der Waals surface area contributed by atoms with Gasteiger partial charge in [0.05, 0.1) is 0 Å². The molecule has 0 saturated heterocycles. The maximum atomic E-state index is 3.60. The van der Waals surface area contributed by atoms with Crippen LogP contribution < -0.4 is 0 Å². The predicted octanol–water partition coefficient (Wildman–Crippen LogP) is 6.15. The van der Waals surface area contributed by atoms with Gasteiger partial charge in [-0.1, -0.05) is 70.5 Å². The first-order valence-electron chi connectivity index (χ1n) is 7.19. The van der Waals surface area contributed by atoms with E-state index in [4.69, 9.17) is 0 Å². The van der Waals surface area contributed by atoms with Gasteiger partial charge in [-0.2, -0.15) is 0 Å². The van der Waals surface area contributed by atoms with Crippen LogP contribution in [-0.4, -0.2) is 0 Å². The number of rotatable bonds is 1. The van der Waals surface area contributed by atoms with Crippen molar-refractivity contribution in [2.24, 2.45) is 0 Å². The predicted molar refractivity (Wildman–Crippen MR) is 93.6 cm³/mol. The number of halogens is 1. The fraction of sp³-hybridized carbons (Fsp3) is 0.100. The van der Waals surface area contributed by atoms with E-state index in [9.17, 15) is 0 Å². The highest BCUT2D eigenvalue weighted by atomic mass is 79.9. The van der Waals surface area contributed by atoms with E-state index in [1.807, 2.05) is 0 Å². The summed E-state index contributed by atoms with van der Waals surface area (Å²) in [5.74, 6) is 0.363. The maximum absolute atomic E-state index is 3.60. The molecule has 0 saturated carbocycles. The Morgan fingerprint density at radius 2 is 1.67 bits per heavy atom. The molecule has 0 fully saturated rings. The number of allylic oxidation sites excluding steroid dienone is 2. The highest BCUT2D eigenvalue weighted by molar-refractivity contribution is 9.10. The van der Waals surface area contributed by atoms with Crippen LogP contribution in [0.25, 0.3) is 16.3 Å². The second-order valence-corrected chi connectivity index (χ2v) is 6.58. The van der Waals surface area contributed by atoms with E-state index in [2.05, 4.69) is 89.6 Å². The molecule has 21 heavy (non-hydrogen) atoms. The summed E-state index contributed by atoms with van der Waals surface area (Å²) < 4.78 is 1.15. The molecule has 0 heterocycles. The summed E-state index contributed by atoms with van der Waals surface area (Å²) in [6, 6.07) is 21.9. The number of benzene rings is 3. The van der Waals surface area contributed by atoms with Crippen LogP contribution in [0.1, 0.15) is 29.5 Å². The van der Waals surface area contributed by atoms with Crippen molar-refractivity contribution in [2.45, 2.75) is 12.8 Å². The van der Waals surface area contributed by atoms with E-state index < -0.39 is 0 Å². The lowest BCUT2D eigenvalue weighted by molar-refractivity contribution is 1.05. The largest absolute Gasteiger partial charge is 0.0691 e. The van der Waals surface area contributed by atoms with E-state index >= 15 is 0 Å². The molecule has 4 rings (SSSR count). The van der Waals surface area contributed by atoms with Gasteiger partial charge in [-0.05, 0) is 52.1 Å². The number of fused-ring (bicyclic) bond motifs is 2. The van der Waals surface area contributed by atoms with Gasteiger partial charge in [0.25, 0.3) is 0 Å². The van der Waals surface area contributed by atoms with Crippen LogP contribution in [0.3, 0.4) is 0 Å². The third kappa shape index (κ3) is 2.13. The lowest BCUT2D eigenvalue weighted by Crippen LogP contribution is -1.96. The van der Waals surface area contributed by atoms with E-state index in [-0.39, 0.29) is 0 Å². The van der Waals surface area contributed by atoms with Crippen molar-refractivity contribution in [2.75, 3.05) is 0 Å². The van der Waals surface area contributed by atoms with Crippen molar-refractivity contribution in [1.29, 1.82) is 0 Å². The lowest BCUT2D eigenvalue weighted by atomic mass is 9.91. The zero-order valence-corrected chi connectivity index (χ0v) is 13.4. The van der Waals surface area contributed by atoms with Crippen molar-refractivity contribution in [3.63, 3.8) is 0 Å². The normalized spacial score (nSPS) is 16.9. The van der Waals surface area contributed by atoms with Gasteiger partial charge in [-0.15, -0.1) is 0 Å². The molecular formula is C20H15Br.